The quantitative estimate of drug-likeness (QED) is 0.577. The molecule has 1 amide bonds. The number of hydrogen-bond donors (Lipinski definition) is 2. The molecule has 0 saturated heterocycles. The minimum Gasteiger partial charge on any atom is -0.366 e. The van der Waals surface area contributed by atoms with Gasteiger partial charge in [-0.15, -0.1) is 0 Å². The number of benzene rings is 1. The summed E-state index contributed by atoms with van der Waals surface area (Å²) in [6, 6.07) is 11.1. The predicted molar refractivity (Wildman–Crippen MR) is 117 cm³/mol. The molecule has 0 aliphatic carbocycles. The van der Waals surface area contributed by atoms with E-state index in [1.807, 2.05) is 20.8 Å². The number of nitrogens with zero attached hydrogens (tertiary/aromatic N) is 2. The van der Waals surface area contributed by atoms with Crippen molar-refractivity contribution in [1.82, 2.24) is 9.97 Å². The average Bonchev–Trinajstić information content (AvgIpc) is 2.69. The van der Waals surface area contributed by atoms with Gasteiger partial charge in [0.05, 0.1) is 21.8 Å². The average molecular weight is 445 g/mol. The molecule has 0 aliphatic heterocycles. The number of primary amides is 1. The molecule has 1 aromatic carbocycles. The van der Waals surface area contributed by atoms with Crippen molar-refractivity contribution in [3.8, 4) is 11.1 Å². The highest BCUT2D eigenvalue weighted by Gasteiger charge is 2.23. The summed E-state index contributed by atoms with van der Waals surface area (Å²) >= 11 is 6.12. The van der Waals surface area contributed by atoms with E-state index in [0.29, 0.717) is 22.4 Å². The molecule has 30 heavy (non-hydrogen) atoms. The molecule has 0 saturated carbocycles. The normalized spacial score (nSPS) is 11.9. The molecule has 3 N–H and O–H groups in total. The van der Waals surface area contributed by atoms with Crippen molar-refractivity contribution in [2.24, 2.45) is 5.73 Å². The van der Waals surface area contributed by atoms with Gasteiger partial charge in [0.2, 0.25) is 0 Å². The number of anilines is 1. The third kappa shape index (κ3) is 4.60. The molecule has 0 aliphatic rings. The summed E-state index contributed by atoms with van der Waals surface area (Å²) in [6.07, 6.45) is 3.06. The summed E-state index contributed by atoms with van der Waals surface area (Å²) in [4.78, 5) is 20.6. The molecule has 9 heteroatoms. The molecule has 0 fully saturated rings. The molecule has 7 nitrogen and oxygen atoms in total. The Labute approximate surface area is 180 Å². The van der Waals surface area contributed by atoms with E-state index in [1.54, 1.807) is 30.5 Å². The smallest absolute Gasteiger partial charge is 0.261 e. The van der Waals surface area contributed by atoms with Crippen LogP contribution < -0.4 is 10.5 Å². The lowest BCUT2D eigenvalue weighted by atomic mass is 9.87. The first-order valence-electron chi connectivity index (χ1n) is 9.03. The molecular formula is C21H21ClN4O3S. The van der Waals surface area contributed by atoms with E-state index in [0.717, 1.165) is 0 Å². The summed E-state index contributed by atoms with van der Waals surface area (Å²) in [5.74, 6) is -0.596. The lowest BCUT2D eigenvalue weighted by Gasteiger charge is -2.21. The summed E-state index contributed by atoms with van der Waals surface area (Å²) < 4.78 is 27.7. The second-order valence-corrected chi connectivity index (χ2v) is 9.76. The molecule has 0 bridgehead atoms. The van der Waals surface area contributed by atoms with Crippen LogP contribution in [-0.4, -0.2) is 24.3 Å². The Morgan fingerprint density at radius 3 is 2.23 bits per heavy atom. The van der Waals surface area contributed by atoms with E-state index >= 15 is 0 Å². The number of aromatic nitrogens is 2. The van der Waals surface area contributed by atoms with Crippen molar-refractivity contribution in [2.45, 2.75) is 31.1 Å². The molecule has 0 radical (unpaired) electrons. The monoisotopic (exact) mass is 444 g/mol. The zero-order valence-corrected chi connectivity index (χ0v) is 18.3. The maximum absolute atomic E-state index is 12.6. The van der Waals surface area contributed by atoms with Crippen molar-refractivity contribution in [3.05, 3.63) is 71.3 Å². The molecule has 3 aromatic rings. The third-order valence-corrected chi connectivity index (χ3v) is 6.02. The van der Waals surface area contributed by atoms with Gasteiger partial charge in [-0.2, -0.15) is 0 Å². The first-order chi connectivity index (χ1) is 14.0. The van der Waals surface area contributed by atoms with Crippen LogP contribution in [0.5, 0.6) is 0 Å². The summed E-state index contributed by atoms with van der Waals surface area (Å²) in [7, 11) is -3.85. The number of carbonyl (C=O) groups excluding carboxylic acids is 1. The van der Waals surface area contributed by atoms with Crippen molar-refractivity contribution >= 4 is 33.2 Å². The first-order valence-corrected chi connectivity index (χ1v) is 10.9. The lowest BCUT2D eigenvalue weighted by molar-refractivity contribution is 0.0997. The first kappa shape index (κ1) is 21.7. The van der Waals surface area contributed by atoms with Gasteiger partial charge in [-0.25, -0.2) is 13.4 Å². The predicted octanol–water partition coefficient (Wildman–Crippen LogP) is 3.99. The van der Waals surface area contributed by atoms with Crippen LogP contribution in [-0.2, 0) is 15.4 Å². The van der Waals surface area contributed by atoms with Crippen molar-refractivity contribution in [2.75, 3.05) is 4.72 Å². The summed E-state index contributed by atoms with van der Waals surface area (Å²) in [5, 5.41) is -0.00680. The molecule has 2 aromatic heterocycles. The lowest BCUT2D eigenvalue weighted by Crippen LogP contribution is -2.23. The van der Waals surface area contributed by atoms with Crippen LogP contribution in [0.25, 0.3) is 11.1 Å². The number of halogens is 1. The van der Waals surface area contributed by atoms with Gasteiger partial charge in [-0.1, -0.05) is 50.6 Å². The van der Waals surface area contributed by atoms with E-state index in [-0.39, 0.29) is 21.2 Å². The van der Waals surface area contributed by atoms with Crippen LogP contribution in [0, 0.1) is 0 Å². The SMILES string of the molecule is CC(C)(C)c1ncc(-c2cnc(Cl)c(NS(=O)(=O)c3ccccc3)c2)cc1C(N)=O. The summed E-state index contributed by atoms with van der Waals surface area (Å²) in [5.41, 5.74) is 7.24. The molecule has 0 unspecified atom stereocenters. The van der Waals surface area contributed by atoms with Gasteiger partial charge in [-0.05, 0) is 24.3 Å². The second kappa shape index (κ2) is 8.04. The number of amides is 1. The van der Waals surface area contributed by atoms with Crippen LogP contribution in [0.1, 0.15) is 36.8 Å². The maximum atomic E-state index is 12.6. The van der Waals surface area contributed by atoms with Crippen molar-refractivity contribution in [3.63, 3.8) is 0 Å². The molecule has 3 rings (SSSR count). The zero-order chi connectivity index (χ0) is 22.1. The van der Waals surface area contributed by atoms with Crippen molar-refractivity contribution < 1.29 is 13.2 Å². The topological polar surface area (TPSA) is 115 Å². The molecule has 0 spiro atoms. The van der Waals surface area contributed by atoms with Gasteiger partial charge in [0.25, 0.3) is 15.9 Å². The summed E-state index contributed by atoms with van der Waals surface area (Å²) in [6.45, 7) is 5.80. The number of nitrogens with two attached hydrogens (primary N) is 1. The maximum Gasteiger partial charge on any atom is 0.261 e. The highest BCUT2D eigenvalue weighted by Crippen LogP contribution is 2.31. The van der Waals surface area contributed by atoms with Gasteiger partial charge in [-0.3, -0.25) is 14.5 Å². The molecule has 2 heterocycles. The molecule has 0 atom stereocenters. The van der Waals surface area contributed by atoms with E-state index in [2.05, 4.69) is 14.7 Å². The number of carbonyl (C=O) groups is 1. The number of pyridine rings is 2. The van der Waals surface area contributed by atoms with Crippen LogP contribution in [0.3, 0.4) is 0 Å². The second-order valence-electron chi connectivity index (χ2n) is 7.72. The van der Waals surface area contributed by atoms with Gasteiger partial charge < -0.3 is 5.73 Å². The van der Waals surface area contributed by atoms with Crippen LogP contribution in [0.4, 0.5) is 5.69 Å². The van der Waals surface area contributed by atoms with Gasteiger partial charge >= 0.3 is 0 Å². The van der Waals surface area contributed by atoms with Crippen LogP contribution in [0.15, 0.2) is 59.8 Å². The Kier molecular flexibility index (Phi) is 5.83. The van der Waals surface area contributed by atoms with Crippen molar-refractivity contribution in [1.29, 1.82) is 0 Å². The Bertz CT molecular complexity index is 1210. The van der Waals surface area contributed by atoms with Gasteiger partial charge in [0, 0.05) is 28.9 Å². The Balaban J connectivity index is 2.04. The third-order valence-electron chi connectivity index (χ3n) is 4.33. The number of hydrogen-bond acceptors (Lipinski definition) is 5. The Hall–Kier alpha value is -2.97. The largest absolute Gasteiger partial charge is 0.366 e. The number of nitrogens with one attached hydrogen (secondary N) is 1. The van der Waals surface area contributed by atoms with Gasteiger partial charge in [0.15, 0.2) is 5.15 Å². The minimum absolute atomic E-state index is 0.00680. The molecule has 156 valence electrons. The van der Waals surface area contributed by atoms with Gasteiger partial charge in [0.1, 0.15) is 0 Å². The number of rotatable bonds is 5. The highest BCUT2D eigenvalue weighted by molar-refractivity contribution is 7.92. The van der Waals surface area contributed by atoms with E-state index in [9.17, 15) is 13.2 Å². The molecular weight excluding hydrogens is 424 g/mol. The van der Waals surface area contributed by atoms with E-state index < -0.39 is 15.9 Å². The minimum atomic E-state index is -3.85. The fourth-order valence-corrected chi connectivity index (χ4v) is 4.17. The zero-order valence-electron chi connectivity index (χ0n) is 16.7. The van der Waals surface area contributed by atoms with Crippen LogP contribution in [0.2, 0.25) is 5.15 Å². The van der Waals surface area contributed by atoms with Crippen LogP contribution >= 0.6 is 11.6 Å². The number of sulfonamides is 1. The fraction of sp³-hybridized carbons (Fsp3) is 0.190. The Morgan fingerprint density at radius 2 is 1.63 bits per heavy atom. The standard InChI is InChI=1S/C21H21ClN4O3S/c1-21(2,3)18-16(20(23)27)9-13(11-24-18)14-10-17(19(22)25-12-14)26-30(28,29)15-7-5-4-6-8-15/h4-12,26H,1-3H3,(H2,23,27). The van der Waals surface area contributed by atoms with E-state index in [4.69, 9.17) is 17.3 Å². The van der Waals surface area contributed by atoms with E-state index in [1.165, 1.54) is 24.4 Å². The highest BCUT2D eigenvalue weighted by atomic mass is 35.5. The fourth-order valence-electron chi connectivity index (χ4n) is 2.89. The Morgan fingerprint density at radius 1 is 1.03 bits per heavy atom.